The molecule has 11 heteroatoms. The van der Waals surface area contributed by atoms with Crippen LogP contribution in [0.1, 0.15) is 52.1 Å². The third-order valence-electron chi connectivity index (χ3n) is 7.95. The minimum Gasteiger partial charge on any atom is -0.496 e. The number of ether oxygens (including phenoxy) is 1. The van der Waals surface area contributed by atoms with Gasteiger partial charge in [-0.25, -0.2) is 12.4 Å². The Morgan fingerprint density at radius 3 is 2.56 bits per heavy atom. The first kappa shape index (κ1) is 30.2. The summed E-state index contributed by atoms with van der Waals surface area (Å²) < 4.78 is 33.8. The largest absolute Gasteiger partial charge is 0.496 e. The van der Waals surface area contributed by atoms with Crippen LogP contribution in [-0.4, -0.2) is 59.1 Å². The monoisotopic (exact) mass is 603 g/mol. The van der Waals surface area contributed by atoms with Crippen LogP contribution in [0.5, 0.6) is 5.75 Å². The maximum Gasteiger partial charge on any atom is 0.256 e. The average Bonchev–Trinajstić information content (AvgIpc) is 3.68. The molecular formula is C32H37N5O5S. The number of amides is 1. The molecule has 2 N–H and O–H groups in total. The van der Waals surface area contributed by atoms with E-state index in [9.17, 15) is 18.0 Å². The van der Waals surface area contributed by atoms with Crippen LogP contribution in [0.3, 0.4) is 0 Å². The molecule has 3 heterocycles. The number of nitrogens with one attached hydrogen (secondary N) is 2. The summed E-state index contributed by atoms with van der Waals surface area (Å²) in [5.41, 5.74) is 4.20. The molecule has 1 aliphatic rings. The lowest BCUT2D eigenvalue weighted by atomic mass is 9.99. The first-order chi connectivity index (χ1) is 20.4. The lowest BCUT2D eigenvalue weighted by Gasteiger charge is -2.17. The molecule has 0 radical (unpaired) electrons. The van der Waals surface area contributed by atoms with E-state index < -0.39 is 20.7 Å². The van der Waals surface area contributed by atoms with Crippen LogP contribution in [0.25, 0.3) is 22.0 Å². The molecule has 43 heavy (non-hydrogen) atoms. The summed E-state index contributed by atoms with van der Waals surface area (Å²) in [4.78, 5) is 35.8. The summed E-state index contributed by atoms with van der Waals surface area (Å²) in [6.45, 7) is 7.91. The van der Waals surface area contributed by atoms with Gasteiger partial charge in [0.1, 0.15) is 5.75 Å². The summed E-state index contributed by atoms with van der Waals surface area (Å²) in [7, 11) is 1.59. The van der Waals surface area contributed by atoms with Crippen LogP contribution < -0.4 is 15.6 Å². The summed E-state index contributed by atoms with van der Waals surface area (Å²) in [5, 5.41) is 3.39. The molecule has 10 nitrogen and oxygen atoms in total. The predicted octanol–water partition coefficient (Wildman–Crippen LogP) is 4.30. The molecule has 226 valence electrons. The van der Waals surface area contributed by atoms with Crippen LogP contribution in [0.15, 0.2) is 60.2 Å². The molecule has 1 aromatic carbocycles. The Hall–Kier alpha value is -4.22. The molecule has 0 atom stereocenters. The number of pyridine rings is 2. The number of rotatable bonds is 11. The Bertz CT molecular complexity index is 1880. The highest BCUT2D eigenvalue weighted by Crippen LogP contribution is 2.49. The van der Waals surface area contributed by atoms with Gasteiger partial charge in [-0.05, 0) is 82.6 Å². The number of methoxy groups -OCH3 is 1. The van der Waals surface area contributed by atoms with E-state index >= 15 is 0 Å². The third kappa shape index (κ3) is 5.62. The van der Waals surface area contributed by atoms with Crippen molar-refractivity contribution in [2.24, 2.45) is 0 Å². The minimum atomic E-state index is -3.80. The Labute approximate surface area is 251 Å². The number of H-pyrrole nitrogens is 1. The molecule has 0 bridgehead atoms. The van der Waals surface area contributed by atoms with Gasteiger partial charge in [0.25, 0.3) is 11.5 Å². The zero-order chi connectivity index (χ0) is 31.1. The van der Waals surface area contributed by atoms with Crippen LogP contribution in [-0.2, 0) is 23.1 Å². The predicted molar refractivity (Wildman–Crippen MR) is 168 cm³/mol. The number of allylic oxidation sites excluding steroid dienone is 1. The molecule has 1 aliphatic carbocycles. The highest BCUT2D eigenvalue weighted by Gasteiger charge is 2.54. The van der Waals surface area contributed by atoms with Gasteiger partial charge in [0.15, 0.2) is 0 Å². The molecule has 0 saturated heterocycles. The van der Waals surface area contributed by atoms with Crippen LogP contribution >= 0.6 is 0 Å². The summed E-state index contributed by atoms with van der Waals surface area (Å²) in [6, 6.07) is 9.08. The average molecular weight is 604 g/mol. The molecule has 1 saturated carbocycles. The second kappa shape index (κ2) is 11.5. The van der Waals surface area contributed by atoms with Gasteiger partial charge < -0.3 is 19.9 Å². The van der Waals surface area contributed by atoms with Gasteiger partial charge in [-0.3, -0.25) is 14.6 Å². The van der Waals surface area contributed by atoms with E-state index in [1.807, 2.05) is 31.1 Å². The van der Waals surface area contributed by atoms with E-state index in [4.69, 9.17) is 4.74 Å². The highest BCUT2D eigenvalue weighted by molar-refractivity contribution is 7.91. The second-order valence-electron chi connectivity index (χ2n) is 11.5. The fourth-order valence-corrected chi connectivity index (χ4v) is 7.62. The van der Waals surface area contributed by atoms with Crippen molar-refractivity contribution >= 4 is 26.8 Å². The Morgan fingerprint density at radius 2 is 1.95 bits per heavy atom. The van der Waals surface area contributed by atoms with Crippen molar-refractivity contribution in [3.05, 3.63) is 93.8 Å². The molecule has 1 amide bonds. The van der Waals surface area contributed by atoms with E-state index in [0.717, 1.165) is 11.3 Å². The van der Waals surface area contributed by atoms with Gasteiger partial charge in [0.2, 0.25) is 10.0 Å². The number of hydrogen-bond donors (Lipinski definition) is 2. The standard InChI is InChI=1S/C32H37N5O5S/c1-7-10-32(11-12-32)43(40,41)37-18-20(2)29-25(30(38)34-17-26-28(42-6)13-21(3)35-31(26)39)14-23(15-27(29)37)22-8-9-24(33-16-22)19-36(4)5/h7-9,13-16,18H,1,10-12,17,19H2,2-6H3,(H,34,38)(H,35,39). The van der Waals surface area contributed by atoms with Crippen molar-refractivity contribution in [2.75, 3.05) is 21.2 Å². The van der Waals surface area contributed by atoms with Crippen LogP contribution in [0, 0.1) is 13.8 Å². The van der Waals surface area contributed by atoms with Crippen LogP contribution in [0.2, 0.25) is 0 Å². The Kier molecular flexibility index (Phi) is 8.06. The number of fused-ring (bicyclic) bond motifs is 1. The SMILES string of the molecule is C=CCC1(S(=O)(=O)n2cc(C)c3c(C(=O)NCc4c(OC)cc(C)[nH]c4=O)cc(-c4ccc(CN(C)C)nc4)cc32)CC1. The van der Waals surface area contributed by atoms with Gasteiger partial charge in [-0.1, -0.05) is 12.1 Å². The molecule has 5 rings (SSSR count). The number of hydrogen-bond acceptors (Lipinski definition) is 7. The topological polar surface area (TPSA) is 126 Å². The zero-order valence-corrected chi connectivity index (χ0v) is 26.0. The van der Waals surface area contributed by atoms with Crippen molar-refractivity contribution in [3.63, 3.8) is 0 Å². The van der Waals surface area contributed by atoms with Gasteiger partial charge in [-0.2, -0.15) is 0 Å². The maximum absolute atomic E-state index is 14.0. The lowest BCUT2D eigenvalue weighted by molar-refractivity contribution is 0.0952. The summed E-state index contributed by atoms with van der Waals surface area (Å²) in [6.07, 6.45) is 6.43. The van der Waals surface area contributed by atoms with Gasteiger partial charge in [0, 0.05) is 41.1 Å². The molecule has 0 aliphatic heterocycles. The van der Waals surface area contributed by atoms with E-state index in [2.05, 4.69) is 21.9 Å². The van der Waals surface area contributed by atoms with E-state index in [0.29, 0.717) is 64.8 Å². The zero-order valence-electron chi connectivity index (χ0n) is 25.2. The molecule has 3 aromatic heterocycles. The number of carbonyl (C=O) groups excluding carboxylic acids is 1. The first-order valence-corrected chi connectivity index (χ1v) is 15.5. The number of aryl methyl sites for hydroxylation is 2. The Morgan fingerprint density at radius 1 is 1.21 bits per heavy atom. The highest BCUT2D eigenvalue weighted by atomic mass is 32.2. The molecule has 0 spiro atoms. The number of nitrogens with zero attached hydrogens (tertiary/aromatic N) is 3. The van der Waals surface area contributed by atoms with Crippen molar-refractivity contribution in [2.45, 2.75) is 50.9 Å². The number of carbonyl (C=O) groups is 1. The normalized spacial score (nSPS) is 14.2. The van der Waals surface area contributed by atoms with E-state index in [1.54, 1.807) is 50.5 Å². The molecule has 0 unspecified atom stereocenters. The molecular weight excluding hydrogens is 566 g/mol. The van der Waals surface area contributed by atoms with Gasteiger partial charge in [-0.15, -0.1) is 6.58 Å². The van der Waals surface area contributed by atoms with Crippen molar-refractivity contribution < 1.29 is 17.9 Å². The fourth-order valence-electron chi connectivity index (χ4n) is 5.56. The van der Waals surface area contributed by atoms with Crippen molar-refractivity contribution in [1.82, 2.24) is 24.2 Å². The lowest BCUT2D eigenvalue weighted by Crippen LogP contribution is -2.29. The first-order valence-electron chi connectivity index (χ1n) is 14.1. The summed E-state index contributed by atoms with van der Waals surface area (Å²) in [5.74, 6) is -0.0775. The van der Waals surface area contributed by atoms with Crippen molar-refractivity contribution in [1.29, 1.82) is 0 Å². The smallest absolute Gasteiger partial charge is 0.256 e. The minimum absolute atomic E-state index is 0.0787. The third-order valence-corrected chi connectivity index (χ3v) is 10.4. The van der Waals surface area contributed by atoms with Gasteiger partial charge in [0.05, 0.1) is 35.2 Å². The summed E-state index contributed by atoms with van der Waals surface area (Å²) >= 11 is 0. The van der Waals surface area contributed by atoms with Crippen LogP contribution in [0.4, 0.5) is 0 Å². The van der Waals surface area contributed by atoms with E-state index in [-0.39, 0.29) is 17.7 Å². The number of aromatic nitrogens is 3. The quantitative estimate of drug-likeness (QED) is 0.245. The van der Waals surface area contributed by atoms with Gasteiger partial charge >= 0.3 is 0 Å². The number of benzene rings is 1. The molecule has 4 aromatic rings. The van der Waals surface area contributed by atoms with Crippen molar-refractivity contribution in [3.8, 4) is 16.9 Å². The second-order valence-corrected chi connectivity index (χ2v) is 13.7. The maximum atomic E-state index is 14.0. The fraction of sp³-hybridized carbons (Fsp3) is 0.344. The molecule has 1 fully saturated rings. The Balaban J connectivity index is 1.63. The number of aromatic amines is 1. The van der Waals surface area contributed by atoms with E-state index in [1.165, 1.54) is 11.1 Å².